The van der Waals surface area contributed by atoms with Gasteiger partial charge in [-0.1, -0.05) is 6.07 Å². The Labute approximate surface area is 113 Å². The minimum Gasteiger partial charge on any atom is -0.388 e. The molecule has 0 aliphatic heterocycles. The number of rotatable bonds is 4. The highest BCUT2D eigenvalue weighted by Crippen LogP contribution is 2.24. The molecule has 0 aliphatic carbocycles. The predicted molar refractivity (Wildman–Crippen MR) is 79.3 cm³/mol. The third kappa shape index (κ3) is 3.26. The lowest BCUT2D eigenvalue weighted by molar-refractivity contribution is 1.17. The Hall–Kier alpha value is -1.48. The summed E-state index contributed by atoms with van der Waals surface area (Å²) in [6, 6.07) is 10.7. The van der Waals surface area contributed by atoms with E-state index in [1.165, 1.54) is 16.0 Å². The average Bonchev–Trinajstić information content (AvgIpc) is 2.40. The van der Waals surface area contributed by atoms with Gasteiger partial charge in [0.1, 0.15) is 0 Å². The van der Waals surface area contributed by atoms with Crippen LogP contribution in [0.3, 0.4) is 0 Å². The lowest BCUT2D eigenvalue weighted by Gasteiger charge is -2.06. The van der Waals surface area contributed by atoms with Crippen LogP contribution in [-0.4, -0.2) is 12.0 Å². The van der Waals surface area contributed by atoms with Gasteiger partial charge in [0.25, 0.3) is 0 Å². The van der Waals surface area contributed by atoms with E-state index in [9.17, 15) is 0 Å². The summed E-state index contributed by atoms with van der Waals surface area (Å²) in [7, 11) is 1.93. The first-order valence-corrected chi connectivity index (χ1v) is 7.00. The van der Waals surface area contributed by atoms with E-state index >= 15 is 0 Å². The molecular formula is C15H18N2S. The maximum absolute atomic E-state index is 4.38. The Morgan fingerprint density at radius 3 is 2.67 bits per heavy atom. The molecule has 0 spiro atoms. The highest BCUT2D eigenvalue weighted by Gasteiger charge is 2.00. The van der Waals surface area contributed by atoms with Crippen molar-refractivity contribution in [1.29, 1.82) is 0 Å². The lowest BCUT2D eigenvalue weighted by atomic mass is 10.1. The Morgan fingerprint density at radius 2 is 1.94 bits per heavy atom. The van der Waals surface area contributed by atoms with Crippen molar-refractivity contribution in [2.24, 2.45) is 0 Å². The minimum atomic E-state index is 0.901. The van der Waals surface area contributed by atoms with Crippen LogP contribution in [0, 0.1) is 13.8 Å². The van der Waals surface area contributed by atoms with Crippen LogP contribution in [0.4, 0.5) is 5.69 Å². The molecule has 1 heterocycles. The van der Waals surface area contributed by atoms with Crippen LogP contribution in [0.15, 0.2) is 41.4 Å². The third-order valence-electron chi connectivity index (χ3n) is 2.97. The van der Waals surface area contributed by atoms with Crippen molar-refractivity contribution in [1.82, 2.24) is 4.98 Å². The smallest absolute Gasteiger partial charge is 0.0526 e. The summed E-state index contributed by atoms with van der Waals surface area (Å²) in [5.41, 5.74) is 4.90. The van der Waals surface area contributed by atoms with Gasteiger partial charge in [0.2, 0.25) is 0 Å². The molecule has 2 nitrogen and oxygen atoms in total. The second kappa shape index (κ2) is 5.91. The van der Waals surface area contributed by atoms with Crippen molar-refractivity contribution in [2.45, 2.75) is 24.5 Å². The number of hydrogen-bond acceptors (Lipinski definition) is 3. The zero-order valence-corrected chi connectivity index (χ0v) is 11.8. The van der Waals surface area contributed by atoms with Crippen molar-refractivity contribution in [3.05, 3.63) is 53.3 Å². The molecule has 0 radical (unpaired) electrons. The number of anilines is 1. The Kier molecular flexibility index (Phi) is 4.26. The Bertz CT molecular complexity index is 538. The van der Waals surface area contributed by atoms with E-state index < -0.39 is 0 Å². The molecule has 18 heavy (non-hydrogen) atoms. The molecule has 0 atom stereocenters. The lowest BCUT2D eigenvalue weighted by Crippen LogP contribution is -1.92. The average molecular weight is 258 g/mol. The molecule has 1 aromatic heterocycles. The summed E-state index contributed by atoms with van der Waals surface area (Å²) in [6.45, 7) is 4.29. The summed E-state index contributed by atoms with van der Waals surface area (Å²) in [5.74, 6) is 0.901. The number of nitrogens with one attached hydrogen (secondary N) is 1. The second-order valence-corrected chi connectivity index (χ2v) is 5.37. The van der Waals surface area contributed by atoms with Crippen molar-refractivity contribution in [2.75, 3.05) is 12.4 Å². The quantitative estimate of drug-likeness (QED) is 0.838. The fraction of sp³-hybridized carbons (Fsp3) is 0.267. The van der Waals surface area contributed by atoms with Gasteiger partial charge in [-0.15, -0.1) is 11.8 Å². The first-order valence-electron chi connectivity index (χ1n) is 6.02. The highest BCUT2D eigenvalue weighted by atomic mass is 32.2. The van der Waals surface area contributed by atoms with Crippen molar-refractivity contribution < 1.29 is 0 Å². The van der Waals surface area contributed by atoms with Crippen LogP contribution in [0.5, 0.6) is 0 Å². The molecule has 0 saturated heterocycles. The number of pyridine rings is 1. The standard InChI is InChI=1S/C15H18N2S/c1-11-4-5-15(8-12(11)2)18-10-14-9-13(16-3)6-7-17-14/h4-9H,10H2,1-3H3,(H,16,17). The molecule has 0 saturated carbocycles. The summed E-state index contributed by atoms with van der Waals surface area (Å²) in [5, 5.41) is 3.13. The van der Waals surface area contributed by atoms with Gasteiger partial charge in [-0.2, -0.15) is 0 Å². The van der Waals surface area contributed by atoms with Crippen molar-refractivity contribution >= 4 is 17.4 Å². The molecule has 2 rings (SSSR count). The van der Waals surface area contributed by atoms with Gasteiger partial charge in [0, 0.05) is 29.6 Å². The van der Waals surface area contributed by atoms with Gasteiger partial charge in [0.05, 0.1) is 5.69 Å². The predicted octanol–water partition coefficient (Wildman–Crippen LogP) is 4.03. The van der Waals surface area contributed by atoms with Crippen LogP contribution in [0.25, 0.3) is 0 Å². The maximum atomic E-state index is 4.38. The molecule has 0 aliphatic rings. The molecule has 94 valence electrons. The third-order valence-corrected chi connectivity index (χ3v) is 4.00. The highest BCUT2D eigenvalue weighted by molar-refractivity contribution is 7.98. The van der Waals surface area contributed by atoms with Gasteiger partial charge in [0.15, 0.2) is 0 Å². The molecule has 1 aromatic carbocycles. The molecule has 0 amide bonds. The van der Waals surface area contributed by atoms with Gasteiger partial charge >= 0.3 is 0 Å². The van der Waals surface area contributed by atoms with Crippen LogP contribution < -0.4 is 5.32 Å². The van der Waals surface area contributed by atoms with Crippen LogP contribution in [-0.2, 0) is 5.75 Å². The van der Waals surface area contributed by atoms with E-state index in [1.807, 2.05) is 31.1 Å². The fourth-order valence-corrected chi connectivity index (χ4v) is 2.57. The fourth-order valence-electron chi connectivity index (χ4n) is 1.67. The normalized spacial score (nSPS) is 10.4. The summed E-state index contributed by atoms with van der Waals surface area (Å²) in [6.07, 6.45) is 1.85. The van der Waals surface area contributed by atoms with E-state index in [0.29, 0.717) is 0 Å². The monoisotopic (exact) mass is 258 g/mol. The van der Waals surface area contributed by atoms with E-state index in [2.05, 4.69) is 48.4 Å². The van der Waals surface area contributed by atoms with Crippen molar-refractivity contribution in [3.63, 3.8) is 0 Å². The van der Waals surface area contributed by atoms with Gasteiger partial charge in [-0.25, -0.2) is 0 Å². The number of hydrogen-bond donors (Lipinski definition) is 1. The molecule has 1 N–H and O–H groups in total. The van der Waals surface area contributed by atoms with E-state index in [-0.39, 0.29) is 0 Å². The SMILES string of the molecule is CNc1ccnc(CSc2ccc(C)c(C)c2)c1. The largest absolute Gasteiger partial charge is 0.388 e. The summed E-state index contributed by atoms with van der Waals surface area (Å²) < 4.78 is 0. The number of thioether (sulfide) groups is 1. The summed E-state index contributed by atoms with van der Waals surface area (Å²) >= 11 is 1.83. The van der Waals surface area contributed by atoms with Gasteiger partial charge < -0.3 is 5.32 Å². The number of aryl methyl sites for hydroxylation is 2. The zero-order chi connectivity index (χ0) is 13.0. The number of benzene rings is 1. The molecule has 3 heteroatoms. The summed E-state index contributed by atoms with van der Waals surface area (Å²) in [4.78, 5) is 5.68. The van der Waals surface area contributed by atoms with Crippen molar-refractivity contribution in [3.8, 4) is 0 Å². The Morgan fingerprint density at radius 1 is 1.11 bits per heavy atom. The first kappa shape index (κ1) is 13.0. The molecular weight excluding hydrogens is 240 g/mol. The minimum absolute atomic E-state index is 0.901. The van der Waals surface area contributed by atoms with E-state index in [1.54, 1.807) is 0 Å². The topological polar surface area (TPSA) is 24.9 Å². The maximum Gasteiger partial charge on any atom is 0.0526 e. The van der Waals surface area contributed by atoms with E-state index in [4.69, 9.17) is 0 Å². The molecule has 0 bridgehead atoms. The first-order chi connectivity index (χ1) is 8.69. The molecule has 0 fully saturated rings. The van der Waals surface area contributed by atoms with Crippen LogP contribution in [0.2, 0.25) is 0 Å². The zero-order valence-electron chi connectivity index (χ0n) is 11.0. The molecule has 0 unspecified atom stereocenters. The van der Waals surface area contributed by atoms with Gasteiger partial charge in [-0.05, 0) is 49.2 Å². The van der Waals surface area contributed by atoms with Crippen LogP contribution in [0.1, 0.15) is 16.8 Å². The number of aromatic nitrogens is 1. The van der Waals surface area contributed by atoms with Crippen LogP contribution >= 0.6 is 11.8 Å². The molecule has 2 aromatic rings. The number of nitrogens with zero attached hydrogens (tertiary/aromatic N) is 1. The van der Waals surface area contributed by atoms with Gasteiger partial charge in [-0.3, -0.25) is 4.98 Å². The van der Waals surface area contributed by atoms with E-state index in [0.717, 1.165) is 17.1 Å². The Balaban J connectivity index is 2.04. The second-order valence-electron chi connectivity index (χ2n) is 4.32.